The first kappa shape index (κ1) is 17.8. The number of hydrogen-bond acceptors (Lipinski definition) is 3. The molecule has 0 heterocycles. The van der Waals surface area contributed by atoms with Gasteiger partial charge in [-0.05, 0) is 48.9 Å². The Morgan fingerprint density at radius 1 is 1.17 bits per heavy atom. The molecule has 3 N–H and O–H groups in total. The van der Waals surface area contributed by atoms with Crippen molar-refractivity contribution >= 4 is 29.1 Å². The molecule has 0 unspecified atom stereocenters. The number of rotatable bonds is 7. The van der Waals surface area contributed by atoms with E-state index in [1.165, 1.54) is 6.07 Å². The Hall–Kier alpha value is -2.53. The molecule has 5 nitrogen and oxygen atoms in total. The van der Waals surface area contributed by atoms with Crippen LogP contribution in [0, 0.1) is 0 Å². The lowest BCUT2D eigenvalue weighted by Gasteiger charge is -2.13. The number of halogens is 1. The van der Waals surface area contributed by atoms with Gasteiger partial charge in [-0.3, -0.25) is 9.59 Å². The van der Waals surface area contributed by atoms with Crippen molar-refractivity contribution in [3.05, 3.63) is 58.6 Å². The standard InChI is InChI=1S/C18H19ClN2O3/c1-2-3-10-24-16-9-4-12(17(20)22)11-15(16)18(23)21-14-7-5-13(19)6-8-14/h4-9,11H,2-3,10H2,1H3,(H2,20,22)(H,21,23). The van der Waals surface area contributed by atoms with Crippen molar-refractivity contribution < 1.29 is 14.3 Å². The van der Waals surface area contributed by atoms with Gasteiger partial charge in [-0.2, -0.15) is 0 Å². The molecule has 2 amide bonds. The second kappa shape index (κ2) is 8.36. The first-order valence-electron chi connectivity index (χ1n) is 7.65. The average molecular weight is 347 g/mol. The summed E-state index contributed by atoms with van der Waals surface area (Å²) < 4.78 is 5.66. The molecule has 0 saturated heterocycles. The van der Waals surface area contributed by atoms with Crippen molar-refractivity contribution in [2.75, 3.05) is 11.9 Å². The highest BCUT2D eigenvalue weighted by atomic mass is 35.5. The van der Waals surface area contributed by atoms with Gasteiger partial charge in [0.25, 0.3) is 5.91 Å². The van der Waals surface area contributed by atoms with E-state index in [0.717, 1.165) is 12.8 Å². The monoisotopic (exact) mass is 346 g/mol. The molecule has 2 aromatic carbocycles. The number of benzene rings is 2. The summed E-state index contributed by atoms with van der Waals surface area (Å²) in [5, 5.41) is 3.33. The summed E-state index contributed by atoms with van der Waals surface area (Å²) in [6.07, 6.45) is 1.85. The van der Waals surface area contributed by atoms with E-state index in [4.69, 9.17) is 22.1 Å². The smallest absolute Gasteiger partial charge is 0.259 e. The van der Waals surface area contributed by atoms with Crippen LogP contribution in [0.1, 0.15) is 40.5 Å². The summed E-state index contributed by atoms with van der Waals surface area (Å²) in [4.78, 5) is 23.9. The molecular weight excluding hydrogens is 328 g/mol. The first-order chi connectivity index (χ1) is 11.5. The number of nitrogens with two attached hydrogens (primary N) is 1. The van der Waals surface area contributed by atoms with Crippen LogP contribution in [0.4, 0.5) is 5.69 Å². The number of anilines is 1. The zero-order chi connectivity index (χ0) is 17.5. The van der Waals surface area contributed by atoms with Crippen LogP contribution < -0.4 is 15.8 Å². The maximum Gasteiger partial charge on any atom is 0.259 e. The van der Waals surface area contributed by atoms with Crippen molar-refractivity contribution in [2.24, 2.45) is 5.73 Å². The van der Waals surface area contributed by atoms with Gasteiger partial charge in [-0.25, -0.2) is 0 Å². The molecule has 0 bridgehead atoms. The highest BCUT2D eigenvalue weighted by Gasteiger charge is 2.16. The van der Waals surface area contributed by atoms with Crippen molar-refractivity contribution in [3.8, 4) is 5.75 Å². The van der Waals surface area contributed by atoms with Crippen molar-refractivity contribution in [1.29, 1.82) is 0 Å². The summed E-state index contributed by atoms with van der Waals surface area (Å²) in [6.45, 7) is 2.54. The molecule has 0 spiro atoms. The van der Waals surface area contributed by atoms with Crippen LogP contribution in [0.15, 0.2) is 42.5 Å². The Kier molecular flexibility index (Phi) is 6.21. The molecule has 0 aromatic heterocycles. The van der Waals surface area contributed by atoms with Crippen molar-refractivity contribution in [3.63, 3.8) is 0 Å². The Labute approximate surface area is 145 Å². The maximum absolute atomic E-state index is 12.6. The lowest BCUT2D eigenvalue weighted by molar-refractivity contribution is 0.1000. The fraction of sp³-hybridized carbons (Fsp3) is 0.222. The van der Waals surface area contributed by atoms with Gasteiger partial charge < -0.3 is 15.8 Å². The van der Waals surface area contributed by atoms with Crippen molar-refractivity contribution in [1.82, 2.24) is 0 Å². The number of primary amides is 1. The second-order valence-corrected chi connectivity index (χ2v) is 5.67. The summed E-state index contributed by atoms with van der Waals surface area (Å²) in [5.74, 6) is -0.567. The van der Waals surface area contributed by atoms with Crippen LogP contribution in [-0.4, -0.2) is 18.4 Å². The van der Waals surface area contributed by atoms with Crippen LogP contribution in [0.2, 0.25) is 5.02 Å². The van der Waals surface area contributed by atoms with E-state index in [-0.39, 0.29) is 17.0 Å². The normalized spacial score (nSPS) is 10.2. The Morgan fingerprint density at radius 2 is 1.88 bits per heavy atom. The largest absolute Gasteiger partial charge is 0.493 e. The minimum Gasteiger partial charge on any atom is -0.493 e. The highest BCUT2D eigenvalue weighted by molar-refractivity contribution is 6.30. The number of amides is 2. The molecule has 0 fully saturated rings. The van der Waals surface area contributed by atoms with Gasteiger partial charge >= 0.3 is 0 Å². The third kappa shape index (κ3) is 4.73. The van der Waals surface area contributed by atoms with Crippen molar-refractivity contribution in [2.45, 2.75) is 19.8 Å². The molecule has 0 atom stereocenters. The number of hydrogen-bond donors (Lipinski definition) is 2. The molecular formula is C18H19ClN2O3. The van der Waals surface area contributed by atoms with Gasteiger partial charge in [0.15, 0.2) is 0 Å². The predicted molar refractivity (Wildman–Crippen MR) is 94.8 cm³/mol. The molecule has 126 valence electrons. The van der Waals surface area contributed by atoms with Crippen LogP contribution in [0.5, 0.6) is 5.75 Å². The summed E-state index contributed by atoms with van der Waals surface area (Å²) in [5.41, 5.74) is 6.40. The summed E-state index contributed by atoms with van der Waals surface area (Å²) in [7, 11) is 0. The van der Waals surface area contributed by atoms with Gasteiger partial charge in [-0.15, -0.1) is 0 Å². The lowest BCUT2D eigenvalue weighted by Crippen LogP contribution is -2.17. The third-order valence-electron chi connectivity index (χ3n) is 3.37. The Balaban J connectivity index is 2.26. The average Bonchev–Trinajstić information content (AvgIpc) is 2.57. The lowest BCUT2D eigenvalue weighted by atomic mass is 10.1. The second-order valence-electron chi connectivity index (χ2n) is 5.24. The minimum absolute atomic E-state index is 0.249. The molecule has 0 aliphatic carbocycles. The van der Waals surface area contributed by atoms with Gasteiger partial charge in [0, 0.05) is 16.3 Å². The fourth-order valence-corrected chi connectivity index (χ4v) is 2.17. The van der Waals surface area contributed by atoms with Crippen LogP contribution >= 0.6 is 11.6 Å². The van der Waals surface area contributed by atoms with Crippen LogP contribution in [0.3, 0.4) is 0 Å². The van der Waals surface area contributed by atoms with Gasteiger partial charge in [0.05, 0.1) is 12.2 Å². The quantitative estimate of drug-likeness (QED) is 0.746. The van der Waals surface area contributed by atoms with Crippen LogP contribution in [-0.2, 0) is 0 Å². The van der Waals surface area contributed by atoms with E-state index in [1.807, 2.05) is 6.92 Å². The number of ether oxygens (including phenoxy) is 1. The third-order valence-corrected chi connectivity index (χ3v) is 3.62. The number of carbonyl (C=O) groups excluding carboxylic acids is 2. The minimum atomic E-state index is -0.601. The molecule has 0 aliphatic heterocycles. The number of unbranched alkanes of at least 4 members (excludes halogenated alkanes) is 1. The molecule has 6 heteroatoms. The maximum atomic E-state index is 12.6. The SMILES string of the molecule is CCCCOc1ccc(C(N)=O)cc1C(=O)Nc1ccc(Cl)cc1. The van der Waals surface area contributed by atoms with E-state index in [1.54, 1.807) is 36.4 Å². The fourth-order valence-electron chi connectivity index (χ4n) is 2.04. The zero-order valence-electron chi connectivity index (χ0n) is 13.3. The molecule has 24 heavy (non-hydrogen) atoms. The van der Waals surface area contributed by atoms with E-state index in [2.05, 4.69) is 5.32 Å². The topological polar surface area (TPSA) is 81.4 Å². The van der Waals surface area contributed by atoms with Crippen LogP contribution in [0.25, 0.3) is 0 Å². The summed E-state index contributed by atoms with van der Waals surface area (Å²) in [6, 6.07) is 11.3. The zero-order valence-corrected chi connectivity index (χ0v) is 14.1. The van der Waals surface area contributed by atoms with E-state index in [9.17, 15) is 9.59 Å². The molecule has 2 rings (SSSR count). The van der Waals surface area contributed by atoms with E-state index >= 15 is 0 Å². The molecule has 0 aliphatic rings. The summed E-state index contributed by atoms with van der Waals surface area (Å²) >= 11 is 5.83. The highest BCUT2D eigenvalue weighted by Crippen LogP contribution is 2.23. The number of nitrogens with one attached hydrogen (secondary N) is 1. The Bertz CT molecular complexity index is 730. The molecule has 2 aromatic rings. The van der Waals surface area contributed by atoms with Gasteiger partial charge in [0.2, 0.25) is 5.91 Å². The van der Waals surface area contributed by atoms with Gasteiger partial charge in [0.1, 0.15) is 5.75 Å². The predicted octanol–water partition coefficient (Wildman–Crippen LogP) is 3.87. The first-order valence-corrected chi connectivity index (χ1v) is 8.02. The van der Waals surface area contributed by atoms with E-state index in [0.29, 0.717) is 23.1 Å². The molecule has 0 saturated carbocycles. The number of carbonyl (C=O) groups is 2. The molecule has 0 radical (unpaired) electrons. The van der Waals surface area contributed by atoms with E-state index < -0.39 is 5.91 Å². The van der Waals surface area contributed by atoms with Gasteiger partial charge in [-0.1, -0.05) is 24.9 Å². The Morgan fingerprint density at radius 3 is 2.50 bits per heavy atom.